The Morgan fingerprint density at radius 3 is 1.71 bits per heavy atom. The van der Waals surface area contributed by atoms with E-state index in [0.29, 0.717) is 0 Å². The Morgan fingerprint density at radius 1 is 1.57 bits per heavy atom. The number of hydrogen-bond donors (Lipinski definition) is 1. The van der Waals surface area contributed by atoms with E-state index in [4.69, 9.17) is 5.11 Å². The SMILES string of the molecule is CCC(C)O.O.[Mn]. The van der Waals surface area contributed by atoms with Crippen molar-refractivity contribution in [1.82, 2.24) is 0 Å². The molecule has 0 saturated carbocycles. The van der Waals surface area contributed by atoms with E-state index in [1.807, 2.05) is 6.92 Å². The number of rotatable bonds is 1. The molecular formula is C4H12MnO2. The predicted octanol–water partition coefficient (Wildman–Crippen LogP) is -0.0500. The third-order valence-electron chi connectivity index (χ3n) is 0.591. The molecule has 3 heteroatoms. The van der Waals surface area contributed by atoms with E-state index in [9.17, 15) is 0 Å². The zero-order chi connectivity index (χ0) is 4.28. The zero-order valence-corrected chi connectivity index (χ0v) is 5.79. The van der Waals surface area contributed by atoms with Crippen molar-refractivity contribution in [1.29, 1.82) is 0 Å². The maximum absolute atomic E-state index is 8.36. The Hall–Kier alpha value is 0.439. The maximum Gasteiger partial charge on any atom is 0.0509 e. The Labute approximate surface area is 54.7 Å². The van der Waals surface area contributed by atoms with Crippen molar-refractivity contribution in [3.63, 3.8) is 0 Å². The molecule has 0 bridgehead atoms. The molecule has 1 unspecified atom stereocenters. The number of aliphatic hydroxyl groups is 1. The van der Waals surface area contributed by atoms with Crippen LogP contribution in [0, 0.1) is 0 Å². The van der Waals surface area contributed by atoms with Gasteiger partial charge in [0, 0.05) is 17.1 Å². The minimum Gasteiger partial charge on any atom is -0.412 e. The molecule has 0 spiro atoms. The average molecular weight is 147 g/mol. The molecule has 0 aliphatic rings. The molecule has 0 aromatic carbocycles. The molecule has 0 aromatic rings. The average Bonchev–Trinajstić information content (AvgIpc) is 1.38. The third-order valence-corrected chi connectivity index (χ3v) is 0.591. The van der Waals surface area contributed by atoms with E-state index in [0.717, 1.165) is 6.42 Å². The summed E-state index contributed by atoms with van der Waals surface area (Å²) in [5, 5.41) is 8.36. The van der Waals surface area contributed by atoms with Gasteiger partial charge in [0.25, 0.3) is 0 Å². The Bertz CT molecular complexity index is 23.7. The number of aliphatic hydroxyl groups excluding tert-OH is 1. The number of hydrogen-bond acceptors (Lipinski definition) is 1. The van der Waals surface area contributed by atoms with Gasteiger partial charge in [-0.3, -0.25) is 0 Å². The standard InChI is InChI=1S/C4H10O.Mn.H2O/c1-3-4(2)5;;/h4-5H,3H2,1-2H3;;1H2. The molecule has 1 atom stereocenters. The summed E-state index contributed by atoms with van der Waals surface area (Å²) in [6.45, 7) is 3.73. The van der Waals surface area contributed by atoms with Crippen molar-refractivity contribution >= 4 is 0 Å². The third kappa shape index (κ3) is 21.3. The summed E-state index contributed by atoms with van der Waals surface area (Å²) in [7, 11) is 0. The summed E-state index contributed by atoms with van der Waals surface area (Å²) < 4.78 is 0. The normalized spacial score (nSPS) is 10.7. The summed E-state index contributed by atoms with van der Waals surface area (Å²) >= 11 is 0. The monoisotopic (exact) mass is 147 g/mol. The van der Waals surface area contributed by atoms with Gasteiger partial charge in [-0.15, -0.1) is 0 Å². The molecule has 0 rings (SSSR count). The first-order valence-corrected chi connectivity index (χ1v) is 1.95. The van der Waals surface area contributed by atoms with Gasteiger partial charge in [0.1, 0.15) is 0 Å². The van der Waals surface area contributed by atoms with Crippen LogP contribution in [-0.2, 0) is 17.1 Å². The fourth-order valence-corrected chi connectivity index (χ4v) is 0. The smallest absolute Gasteiger partial charge is 0.0509 e. The second kappa shape index (κ2) is 9.67. The molecule has 7 heavy (non-hydrogen) atoms. The van der Waals surface area contributed by atoms with Gasteiger partial charge in [-0.05, 0) is 13.3 Å². The van der Waals surface area contributed by atoms with Crippen LogP contribution in [0.4, 0.5) is 0 Å². The van der Waals surface area contributed by atoms with Gasteiger partial charge in [0.2, 0.25) is 0 Å². The van der Waals surface area contributed by atoms with Crippen molar-refractivity contribution in [2.45, 2.75) is 26.4 Å². The van der Waals surface area contributed by atoms with Crippen LogP contribution in [0.3, 0.4) is 0 Å². The van der Waals surface area contributed by atoms with Crippen molar-refractivity contribution in [3.8, 4) is 0 Å². The summed E-state index contributed by atoms with van der Waals surface area (Å²) in [5.74, 6) is 0. The van der Waals surface area contributed by atoms with Gasteiger partial charge < -0.3 is 10.6 Å². The van der Waals surface area contributed by atoms with E-state index in [1.165, 1.54) is 0 Å². The second-order valence-corrected chi connectivity index (χ2v) is 1.26. The first-order valence-electron chi connectivity index (χ1n) is 1.95. The van der Waals surface area contributed by atoms with E-state index in [1.54, 1.807) is 6.92 Å². The molecule has 0 heterocycles. The van der Waals surface area contributed by atoms with Crippen LogP contribution < -0.4 is 0 Å². The van der Waals surface area contributed by atoms with Crippen LogP contribution in [0.25, 0.3) is 0 Å². The molecule has 0 amide bonds. The summed E-state index contributed by atoms with van der Waals surface area (Å²) in [6.07, 6.45) is 0.745. The van der Waals surface area contributed by atoms with Gasteiger partial charge in [-0.1, -0.05) is 6.92 Å². The molecular weight excluding hydrogens is 135 g/mol. The van der Waals surface area contributed by atoms with Gasteiger partial charge in [-0.2, -0.15) is 0 Å². The van der Waals surface area contributed by atoms with Crippen LogP contribution in [0.5, 0.6) is 0 Å². The Kier molecular flexibility index (Phi) is 21.6. The zero-order valence-electron chi connectivity index (χ0n) is 4.61. The second-order valence-electron chi connectivity index (χ2n) is 1.26. The van der Waals surface area contributed by atoms with E-state index < -0.39 is 0 Å². The molecule has 0 aromatic heterocycles. The first kappa shape index (κ1) is 15.7. The minimum absolute atomic E-state index is 0. The van der Waals surface area contributed by atoms with E-state index in [2.05, 4.69) is 0 Å². The minimum atomic E-state index is -0.116. The van der Waals surface area contributed by atoms with Crippen LogP contribution in [0.2, 0.25) is 0 Å². The Balaban J connectivity index is -0.0000000800. The van der Waals surface area contributed by atoms with Gasteiger partial charge in [0.05, 0.1) is 6.10 Å². The molecule has 0 saturated heterocycles. The summed E-state index contributed by atoms with van der Waals surface area (Å²) in [4.78, 5) is 0. The van der Waals surface area contributed by atoms with Gasteiger partial charge in [-0.25, -0.2) is 0 Å². The van der Waals surface area contributed by atoms with Crippen LogP contribution in [0.15, 0.2) is 0 Å². The molecule has 0 aliphatic heterocycles. The van der Waals surface area contributed by atoms with Crippen LogP contribution in [0.1, 0.15) is 20.3 Å². The molecule has 0 aliphatic carbocycles. The van der Waals surface area contributed by atoms with Crippen molar-refractivity contribution in [2.75, 3.05) is 0 Å². The summed E-state index contributed by atoms with van der Waals surface area (Å²) in [5.41, 5.74) is 0. The fourth-order valence-electron chi connectivity index (χ4n) is 0. The topological polar surface area (TPSA) is 51.7 Å². The van der Waals surface area contributed by atoms with Gasteiger partial charge >= 0.3 is 0 Å². The van der Waals surface area contributed by atoms with E-state index in [-0.39, 0.29) is 28.6 Å². The van der Waals surface area contributed by atoms with Crippen LogP contribution >= 0.6 is 0 Å². The van der Waals surface area contributed by atoms with Crippen molar-refractivity contribution < 1.29 is 27.7 Å². The van der Waals surface area contributed by atoms with Crippen LogP contribution in [-0.4, -0.2) is 16.7 Å². The van der Waals surface area contributed by atoms with Crippen molar-refractivity contribution in [3.05, 3.63) is 0 Å². The van der Waals surface area contributed by atoms with Gasteiger partial charge in [0.15, 0.2) is 0 Å². The molecule has 3 N–H and O–H groups in total. The molecule has 47 valence electrons. The fraction of sp³-hybridized carbons (Fsp3) is 1.00. The largest absolute Gasteiger partial charge is 0.412 e. The predicted molar refractivity (Wildman–Crippen MR) is 25.6 cm³/mol. The maximum atomic E-state index is 8.36. The Morgan fingerprint density at radius 2 is 1.71 bits per heavy atom. The summed E-state index contributed by atoms with van der Waals surface area (Å²) in [6, 6.07) is 0. The quantitative estimate of drug-likeness (QED) is 0.519. The first-order chi connectivity index (χ1) is 2.27. The van der Waals surface area contributed by atoms with E-state index >= 15 is 0 Å². The molecule has 1 radical (unpaired) electrons. The van der Waals surface area contributed by atoms with Crippen molar-refractivity contribution in [2.24, 2.45) is 0 Å². The molecule has 2 nitrogen and oxygen atoms in total. The molecule has 0 fully saturated rings.